The monoisotopic (exact) mass is 274 g/mol. The quantitative estimate of drug-likeness (QED) is 0.749. The Labute approximate surface area is 115 Å². The number of aliphatic hydroxyl groups is 1. The number of rotatable bonds is 3. The van der Waals surface area contributed by atoms with Crippen LogP contribution in [0.15, 0.2) is 35.1 Å². The Balaban J connectivity index is 1.65. The lowest BCUT2D eigenvalue weighted by Gasteiger charge is -2.11. The van der Waals surface area contributed by atoms with Crippen LogP contribution in [-0.2, 0) is 4.79 Å². The van der Waals surface area contributed by atoms with Crippen molar-refractivity contribution in [1.82, 2.24) is 15.5 Å². The number of benzene rings is 1. The van der Waals surface area contributed by atoms with E-state index < -0.39 is 6.10 Å². The molecule has 2 unspecified atom stereocenters. The van der Waals surface area contributed by atoms with Crippen molar-refractivity contribution in [3.63, 3.8) is 0 Å². The van der Waals surface area contributed by atoms with E-state index in [0.29, 0.717) is 24.5 Å². The summed E-state index contributed by atoms with van der Waals surface area (Å²) in [5.41, 5.74) is 1.47. The molecular formula is C13H14N4O3. The van der Waals surface area contributed by atoms with E-state index in [1.54, 1.807) is 24.3 Å². The standard InChI is InChI=1S/C13H14N4O3/c18-10-5-11(14-6-10)12(19)16-9-3-1-8(2-4-9)13-17-15-7-20-13/h1-4,7,10-11,14,18H,5-6H2,(H,16,19). The Bertz CT molecular complexity index is 582. The highest BCUT2D eigenvalue weighted by atomic mass is 16.4. The van der Waals surface area contributed by atoms with Crippen molar-refractivity contribution in [2.45, 2.75) is 18.6 Å². The molecule has 104 valence electrons. The number of hydrogen-bond donors (Lipinski definition) is 3. The Hall–Kier alpha value is -2.25. The summed E-state index contributed by atoms with van der Waals surface area (Å²) in [6.07, 6.45) is 1.25. The molecule has 0 bridgehead atoms. The third-order valence-corrected chi connectivity index (χ3v) is 3.18. The van der Waals surface area contributed by atoms with Crippen molar-refractivity contribution >= 4 is 11.6 Å². The first-order valence-corrected chi connectivity index (χ1v) is 6.31. The lowest BCUT2D eigenvalue weighted by atomic mass is 10.1. The van der Waals surface area contributed by atoms with Crippen LogP contribution in [0.4, 0.5) is 5.69 Å². The highest BCUT2D eigenvalue weighted by Gasteiger charge is 2.27. The molecule has 1 saturated heterocycles. The van der Waals surface area contributed by atoms with E-state index >= 15 is 0 Å². The van der Waals surface area contributed by atoms with Crippen molar-refractivity contribution in [1.29, 1.82) is 0 Å². The second-order valence-corrected chi connectivity index (χ2v) is 4.66. The zero-order chi connectivity index (χ0) is 13.9. The number of carbonyl (C=O) groups is 1. The summed E-state index contributed by atoms with van der Waals surface area (Å²) < 4.78 is 5.09. The maximum atomic E-state index is 11.9. The molecule has 1 fully saturated rings. The van der Waals surface area contributed by atoms with Gasteiger partial charge in [-0.3, -0.25) is 4.79 Å². The molecular weight excluding hydrogens is 260 g/mol. The van der Waals surface area contributed by atoms with Gasteiger partial charge in [-0.2, -0.15) is 0 Å². The summed E-state index contributed by atoms with van der Waals surface area (Å²) in [7, 11) is 0. The van der Waals surface area contributed by atoms with Gasteiger partial charge in [0.15, 0.2) is 0 Å². The van der Waals surface area contributed by atoms with E-state index in [0.717, 1.165) is 5.56 Å². The van der Waals surface area contributed by atoms with Crippen molar-refractivity contribution in [3.8, 4) is 11.5 Å². The van der Waals surface area contributed by atoms with Crippen molar-refractivity contribution < 1.29 is 14.3 Å². The molecule has 2 aromatic rings. The third kappa shape index (κ3) is 2.68. The maximum absolute atomic E-state index is 11.9. The summed E-state index contributed by atoms with van der Waals surface area (Å²) in [5, 5.41) is 22.6. The second-order valence-electron chi connectivity index (χ2n) is 4.66. The van der Waals surface area contributed by atoms with E-state index in [4.69, 9.17) is 4.42 Å². The van der Waals surface area contributed by atoms with E-state index in [1.807, 2.05) is 0 Å². The van der Waals surface area contributed by atoms with Crippen LogP contribution in [0.3, 0.4) is 0 Å². The van der Waals surface area contributed by atoms with Crippen molar-refractivity contribution in [2.24, 2.45) is 0 Å². The number of nitrogens with zero attached hydrogens (tertiary/aromatic N) is 2. The van der Waals surface area contributed by atoms with Gasteiger partial charge in [-0.25, -0.2) is 0 Å². The molecule has 20 heavy (non-hydrogen) atoms. The second kappa shape index (κ2) is 5.40. The topological polar surface area (TPSA) is 100 Å². The van der Waals surface area contributed by atoms with Gasteiger partial charge in [0, 0.05) is 17.8 Å². The Kier molecular flexibility index (Phi) is 3.44. The number of amides is 1. The molecule has 0 spiro atoms. The SMILES string of the molecule is O=C(Nc1ccc(-c2nnco2)cc1)C1CC(O)CN1. The minimum atomic E-state index is -0.453. The number of aliphatic hydroxyl groups excluding tert-OH is 1. The average molecular weight is 274 g/mol. The van der Waals surface area contributed by atoms with Gasteiger partial charge >= 0.3 is 0 Å². The van der Waals surface area contributed by atoms with Gasteiger partial charge < -0.3 is 20.2 Å². The number of anilines is 1. The van der Waals surface area contributed by atoms with Crippen LogP contribution in [0.1, 0.15) is 6.42 Å². The molecule has 3 rings (SSSR count). The Morgan fingerprint density at radius 3 is 2.80 bits per heavy atom. The first-order valence-electron chi connectivity index (χ1n) is 6.31. The van der Waals surface area contributed by atoms with Gasteiger partial charge in [0.05, 0.1) is 12.1 Å². The molecule has 3 N–H and O–H groups in total. The van der Waals surface area contributed by atoms with Crippen LogP contribution in [0.5, 0.6) is 0 Å². The molecule has 7 heteroatoms. The molecule has 2 heterocycles. The molecule has 1 aromatic carbocycles. The Morgan fingerprint density at radius 1 is 1.40 bits per heavy atom. The molecule has 1 aliphatic rings. The summed E-state index contributed by atoms with van der Waals surface area (Å²) in [5.74, 6) is 0.288. The zero-order valence-corrected chi connectivity index (χ0v) is 10.6. The van der Waals surface area contributed by atoms with Gasteiger partial charge in [-0.05, 0) is 30.7 Å². The molecule has 1 amide bonds. The van der Waals surface area contributed by atoms with Crippen LogP contribution in [0, 0.1) is 0 Å². The smallest absolute Gasteiger partial charge is 0.247 e. The van der Waals surface area contributed by atoms with Gasteiger partial charge in [0.25, 0.3) is 0 Å². The fraction of sp³-hybridized carbons (Fsp3) is 0.308. The van der Waals surface area contributed by atoms with Gasteiger partial charge in [-0.15, -0.1) is 10.2 Å². The number of hydrogen-bond acceptors (Lipinski definition) is 6. The van der Waals surface area contributed by atoms with E-state index in [2.05, 4.69) is 20.8 Å². The fourth-order valence-corrected chi connectivity index (χ4v) is 2.14. The molecule has 0 saturated carbocycles. The highest BCUT2D eigenvalue weighted by molar-refractivity contribution is 5.95. The molecule has 2 atom stereocenters. The summed E-state index contributed by atoms with van der Waals surface area (Å²) in [6, 6.07) is 6.77. The van der Waals surface area contributed by atoms with Crippen LogP contribution in [-0.4, -0.2) is 39.9 Å². The summed E-state index contributed by atoms with van der Waals surface area (Å²) >= 11 is 0. The molecule has 0 aliphatic carbocycles. The van der Waals surface area contributed by atoms with Crippen molar-refractivity contribution in [2.75, 3.05) is 11.9 Å². The predicted molar refractivity (Wildman–Crippen MR) is 70.8 cm³/mol. The predicted octanol–water partition coefficient (Wildman–Crippen LogP) is 0.398. The van der Waals surface area contributed by atoms with Gasteiger partial charge in [-0.1, -0.05) is 0 Å². The fourth-order valence-electron chi connectivity index (χ4n) is 2.14. The van der Waals surface area contributed by atoms with E-state index in [1.165, 1.54) is 6.39 Å². The minimum absolute atomic E-state index is 0.146. The number of nitrogens with one attached hydrogen (secondary N) is 2. The van der Waals surface area contributed by atoms with Crippen molar-refractivity contribution in [3.05, 3.63) is 30.7 Å². The zero-order valence-electron chi connectivity index (χ0n) is 10.6. The largest absolute Gasteiger partial charge is 0.423 e. The molecule has 1 aliphatic heterocycles. The van der Waals surface area contributed by atoms with Crippen LogP contribution >= 0.6 is 0 Å². The number of aromatic nitrogens is 2. The lowest BCUT2D eigenvalue weighted by Crippen LogP contribution is -2.35. The first kappa shape index (κ1) is 12.8. The third-order valence-electron chi connectivity index (χ3n) is 3.18. The molecule has 0 radical (unpaired) electrons. The van der Waals surface area contributed by atoms with Crippen LogP contribution in [0.25, 0.3) is 11.5 Å². The maximum Gasteiger partial charge on any atom is 0.247 e. The number of carbonyl (C=O) groups excluding carboxylic acids is 1. The van der Waals surface area contributed by atoms with Crippen LogP contribution in [0.2, 0.25) is 0 Å². The Morgan fingerprint density at radius 2 is 2.20 bits per heavy atom. The normalized spacial score (nSPS) is 21.9. The summed E-state index contributed by atoms with van der Waals surface area (Å²) in [4.78, 5) is 11.9. The molecule has 1 aromatic heterocycles. The highest BCUT2D eigenvalue weighted by Crippen LogP contribution is 2.19. The van der Waals surface area contributed by atoms with E-state index in [9.17, 15) is 9.90 Å². The summed E-state index contributed by atoms with van der Waals surface area (Å²) in [6.45, 7) is 0.453. The van der Waals surface area contributed by atoms with Gasteiger partial charge in [0.1, 0.15) is 0 Å². The minimum Gasteiger partial charge on any atom is -0.423 e. The van der Waals surface area contributed by atoms with Crippen LogP contribution < -0.4 is 10.6 Å². The van der Waals surface area contributed by atoms with Gasteiger partial charge in [0.2, 0.25) is 18.2 Å². The number of β-amino-alcohol motifs (C(OH)–C–C–N with tert-alkyl or cyclic N) is 1. The average Bonchev–Trinajstić information content (AvgIpc) is 3.10. The first-order chi connectivity index (χ1) is 9.72. The van der Waals surface area contributed by atoms with E-state index in [-0.39, 0.29) is 11.9 Å². The molecule has 7 nitrogen and oxygen atoms in total. The lowest BCUT2D eigenvalue weighted by molar-refractivity contribution is -0.117.